The van der Waals surface area contributed by atoms with Crippen molar-refractivity contribution < 1.29 is 0 Å². The highest BCUT2D eigenvalue weighted by molar-refractivity contribution is 5.59. The molecule has 1 aromatic heterocycles. The van der Waals surface area contributed by atoms with Crippen molar-refractivity contribution >= 4 is 5.57 Å². The van der Waals surface area contributed by atoms with Gasteiger partial charge in [0.2, 0.25) is 0 Å². The summed E-state index contributed by atoms with van der Waals surface area (Å²) in [5.41, 5.74) is 2.18. The Balaban J connectivity index is 1.78. The fourth-order valence-corrected chi connectivity index (χ4v) is 1.47. The average molecular weight is 203 g/mol. The van der Waals surface area contributed by atoms with Crippen LogP contribution < -0.4 is 5.32 Å². The third kappa shape index (κ3) is 3.44. The maximum atomic E-state index is 4.25. The number of rotatable bonds is 5. The molecule has 0 atom stereocenters. The van der Waals surface area contributed by atoms with Gasteiger partial charge in [0.1, 0.15) is 0 Å². The van der Waals surface area contributed by atoms with Gasteiger partial charge in [-0.1, -0.05) is 6.08 Å². The van der Waals surface area contributed by atoms with E-state index in [1.807, 2.05) is 0 Å². The summed E-state index contributed by atoms with van der Waals surface area (Å²) in [5.74, 6) is 0. The first-order valence-corrected chi connectivity index (χ1v) is 5.53. The molecule has 15 heavy (non-hydrogen) atoms. The topological polar surface area (TPSA) is 37.8 Å². The molecule has 1 heterocycles. The molecule has 1 aromatic rings. The van der Waals surface area contributed by atoms with Gasteiger partial charge in [-0.15, -0.1) is 0 Å². The van der Waals surface area contributed by atoms with Gasteiger partial charge in [0.25, 0.3) is 0 Å². The molecule has 0 radical (unpaired) electrons. The summed E-state index contributed by atoms with van der Waals surface area (Å²) < 4.78 is 0. The van der Waals surface area contributed by atoms with Gasteiger partial charge in [-0.05, 0) is 38.3 Å². The lowest BCUT2D eigenvalue weighted by molar-refractivity contribution is 0.690. The van der Waals surface area contributed by atoms with E-state index in [0.29, 0.717) is 0 Å². The van der Waals surface area contributed by atoms with Crippen LogP contribution in [0.5, 0.6) is 0 Å². The van der Waals surface area contributed by atoms with Crippen LogP contribution in [0.1, 0.15) is 31.9 Å². The highest BCUT2D eigenvalue weighted by atomic mass is 14.9. The van der Waals surface area contributed by atoms with Crippen LogP contribution in [0.15, 0.2) is 24.7 Å². The molecule has 1 aliphatic rings. The molecule has 3 heteroatoms. The molecule has 3 nitrogen and oxygen atoms in total. The monoisotopic (exact) mass is 203 g/mol. The molecule has 0 spiro atoms. The molecule has 1 aliphatic carbocycles. The first-order chi connectivity index (χ1) is 7.36. The molecule has 2 rings (SSSR count). The van der Waals surface area contributed by atoms with E-state index in [-0.39, 0.29) is 0 Å². The summed E-state index contributed by atoms with van der Waals surface area (Å²) in [4.78, 5) is 8.31. The number of aromatic nitrogens is 2. The van der Waals surface area contributed by atoms with Crippen molar-refractivity contribution in [2.24, 2.45) is 0 Å². The van der Waals surface area contributed by atoms with Gasteiger partial charge >= 0.3 is 0 Å². The van der Waals surface area contributed by atoms with Crippen LogP contribution in [0, 0.1) is 0 Å². The Morgan fingerprint density at radius 3 is 3.07 bits per heavy atom. The van der Waals surface area contributed by atoms with Crippen LogP contribution in [-0.4, -0.2) is 22.6 Å². The van der Waals surface area contributed by atoms with E-state index in [0.717, 1.165) is 24.7 Å². The normalized spacial score (nSPS) is 16.7. The van der Waals surface area contributed by atoms with Gasteiger partial charge in [-0.2, -0.15) is 0 Å². The van der Waals surface area contributed by atoms with Crippen LogP contribution in [0.2, 0.25) is 0 Å². The Labute approximate surface area is 90.6 Å². The molecule has 0 bridgehead atoms. The van der Waals surface area contributed by atoms with E-state index in [1.54, 1.807) is 18.6 Å². The van der Waals surface area contributed by atoms with Crippen molar-refractivity contribution in [3.63, 3.8) is 0 Å². The summed E-state index contributed by atoms with van der Waals surface area (Å²) in [5, 5.41) is 3.48. The second-order valence-corrected chi connectivity index (χ2v) is 3.99. The van der Waals surface area contributed by atoms with E-state index in [4.69, 9.17) is 0 Å². The summed E-state index contributed by atoms with van der Waals surface area (Å²) in [6.07, 6.45) is 11.2. The molecule has 80 valence electrons. The lowest BCUT2D eigenvalue weighted by Gasteiger charge is -2.01. The molecule has 1 saturated carbocycles. The Morgan fingerprint density at radius 1 is 1.53 bits per heavy atom. The minimum absolute atomic E-state index is 0.801. The van der Waals surface area contributed by atoms with Crippen molar-refractivity contribution in [3.8, 4) is 0 Å². The average Bonchev–Trinajstić information content (AvgIpc) is 3.09. The van der Waals surface area contributed by atoms with Crippen LogP contribution in [0.25, 0.3) is 5.57 Å². The Hall–Kier alpha value is -1.22. The van der Waals surface area contributed by atoms with E-state index in [9.17, 15) is 0 Å². The van der Waals surface area contributed by atoms with Gasteiger partial charge < -0.3 is 5.32 Å². The van der Waals surface area contributed by atoms with Crippen LogP contribution >= 0.6 is 0 Å². The molecule has 1 N–H and O–H groups in total. The number of hydrogen-bond donors (Lipinski definition) is 1. The Morgan fingerprint density at radius 2 is 2.40 bits per heavy atom. The first-order valence-electron chi connectivity index (χ1n) is 5.53. The summed E-state index contributed by atoms with van der Waals surface area (Å²) in [6, 6.07) is 0.801. The standard InChI is InChI=1S/C12H17N3/c1-10(12-9-13-7-8-15-12)3-2-6-14-11-4-5-11/h3,7-9,11,14H,2,4-6H2,1H3. The third-order valence-electron chi connectivity index (χ3n) is 2.57. The van der Waals surface area contributed by atoms with Crippen molar-refractivity contribution in [1.29, 1.82) is 0 Å². The quantitative estimate of drug-likeness (QED) is 0.744. The number of hydrogen-bond acceptors (Lipinski definition) is 3. The second kappa shape index (κ2) is 5.03. The third-order valence-corrected chi connectivity index (χ3v) is 2.57. The zero-order chi connectivity index (χ0) is 10.5. The maximum Gasteiger partial charge on any atom is 0.0838 e. The lowest BCUT2D eigenvalue weighted by Crippen LogP contribution is -2.16. The van der Waals surface area contributed by atoms with Crippen LogP contribution in [0.3, 0.4) is 0 Å². The van der Waals surface area contributed by atoms with Crippen molar-refractivity contribution in [2.45, 2.75) is 32.2 Å². The zero-order valence-corrected chi connectivity index (χ0v) is 9.11. The highest BCUT2D eigenvalue weighted by Crippen LogP contribution is 2.18. The largest absolute Gasteiger partial charge is 0.314 e. The SMILES string of the molecule is CC(=CCCNC1CC1)c1cnccn1. The van der Waals surface area contributed by atoms with Crippen molar-refractivity contribution in [3.05, 3.63) is 30.4 Å². The molecular weight excluding hydrogens is 186 g/mol. The van der Waals surface area contributed by atoms with E-state index < -0.39 is 0 Å². The predicted molar refractivity (Wildman–Crippen MR) is 61.3 cm³/mol. The minimum Gasteiger partial charge on any atom is -0.314 e. The van der Waals surface area contributed by atoms with Crippen LogP contribution in [-0.2, 0) is 0 Å². The number of nitrogens with zero attached hydrogens (tertiary/aromatic N) is 2. The van der Waals surface area contributed by atoms with E-state index in [1.165, 1.54) is 18.4 Å². The van der Waals surface area contributed by atoms with Crippen molar-refractivity contribution in [2.75, 3.05) is 6.54 Å². The molecule has 0 saturated heterocycles. The van der Waals surface area contributed by atoms with Crippen molar-refractivity contribution in [1.82, 2.24) is 15.3 Å². The predicted octanol–water partition coefficient (Wildman–Crippen LogP) is 2.02. The summed E-state index contributed by atoms with van der Waals surface area (Å²) in [7, 11) is 0. The fourth-order valence-electron chi connectivity index (χ4n) is 1.47. The smallest absolute Gasteiger partial charge is 0.0838 e. The van der Waals surface area contributed by atoms with Gasteiger partial charge in [0, 0.05) is 18.4 Å². The number of nitrogens with one attached hydrogen (secondary N) is 1. The first kappa shape index (κ1) is 10.3. The van der Waals surface area contributed by atoms with Gasteiger partial charge in [-0.25, -0.2) is 0 Å². The minimum atomic E-state index is 0.801. The fraction of sp³-hybridized carbons (Fsp3) is 0.500. The lowest BCUT2D eigenvalue weighted by atomic mass is 10.2. The zero-order valence-electron chi connectivity index (χ0n) is 9.11. The highest BCUT2D eigenvalue weighted by Gasteiger charge is 2.19. The summed E-state index contributed by atoms with van der Waals surface area (Å²) >= 11 is 0. The molecule has 0 unspecified atom stereocenters. The van der Waals surface area contributed by atoms with E-state index in [2.05, 4.69) is 28.3 Å². The second-order valence-electron chi connectivity index (χ2n) is 3.99. The van der Waals surface area contributed by atoms with Gasteiger partial charge in [-0.3, -0.25) is 9.97 Å². The van der Waals surface area contributed by atoms with Crippen LogP contribution in [0.4, 0.5) is 0 Å². The number of allylic oxidation sites excluding steroid dienone is 1. The van der Waals surface area contributed by atoms with E-state index >= 15 is 0 Å². The summed E-state index contributed by atoms with van der Waals surface area (Å²) in [6.45, 7) is 3.16. The molecule has 0 aromatic carbocycles. The molecule has 0 aliphatic heterocycles. The molecule has 0 amide bonds. The van der Waals surface area contributed by atoms with Gasteiger partial charge in [0.05, 0.1) is 11.9 Å². The molecular formula is C12H17N3. The Kier molecular flexibility index (Phi) is 3.45. The molecule has 1 fully saturated rings. The maximum absolute atomic E-state index is 4.25. The van der Waals surface area contributed by atoms with Gasteiger partial charge in [0.15, 0.2) is 0 Å². The Bertz CT molecular complexity index is 328.